The van der Waals surface area contributed by atoms with Gasteiger partial charge in [-0.1, -0.05) is 19.8 Å². The largest absolute Gasteiger partial charge is 0.493 e. The Morgan fingerprint density at radius 2 is 1.93 bits per heavy atom. The van der Waals surface area contributed by atoms with Gasteiger partial charge in [-0.25, -0.2) is 5.43 Å². The van der Waals surface area contributed by atoms with Gasteiger partial charge in [-0.15, -0.1) is 0 Å². The average molecular weight is 381 g/mol. The van der Waals surface area contributed by atoms with Gasteiger partial charge in [0.25, 0.3) is 5.69 Å². The normalized spacial score (nSPS) is 10.3. The summed E-state index contributed by atoms with van der Waals surface area (Å²) in [4.78, 5) is 33.8. The molecule has 0 saturated carbocycles. The molecule has 0 atom stereocenters. The van der Waals surface area contributed by atoms with Crippen molar-refractivity contribution in [2.24, 2.45) is 0 Å². The molecule has 1 aromatic rings. The number of benzene rings is 1. The minimum atomic E-state index is -0.638. The maximum absolute atomic E-state index is 11.7. The first-order valence-electron chi connectivity index (χ1n) is 8.92. The summed E-state index contributed by atoms with van der Waals surface area (Å²) >= 11 is 0. The number of nitro groups is 1. The van der Waals surface area contributed by atoms with Crippen molar-refractivity contribution in [3.63, 3.8) is 0 Å². The number of carbonyl (C=O) groups excluding carboxylic acids is 2. The van der Waals surface area contributed by atoms with Crippen LogP contribution in [0.3, 0.4) is 0 Å². The monoisotopic (exact) mass is 381 g/mol. The number of hydrogen-bond donors (Lipinski definition) is 2. The Labute approximate surface area is 158 Å². The van der Waals surface area contributed by atoms with Gasteiger partial charge in [0, 0.05) is 19.0 Å². The van der Waals surface area contributed by atoms with Crippen molar-refractivity contribution in [1.82, 2.24) is 10.9 Å². The fourth-order valence-corrected chi connectivity index (χ4v) is 2.36. The molecule has 0 saturated heterocycles. The Balaban J connectivity index is 2.54. The summed E-state index contributed by atoms with van der Waals surface area (Å²) in [5.74, 6) is -0.199. The number of hydrazine groups is 1. The van der Waals surface area contributed by atoms with Crippen molar-refractivity contribution >= 4 is 17.4 Å². The third-order valence-electron chi connectivity index (χ3n) is 3.80. The summed E-state index contributed by atoms with van der Waals surface area (Å²) in [6.07, 6.45) is 3.88. The van der Waals surface area contributed by atoms with Crippen LogP contribution in [0.15, 0.2) is 12.1 Å². The molecule has 2 N–H and O–H groups in total. The molecule has 27 heavy (non-hydrogen) atoms. The quantitative estimate of drug-likeness (QED) is 0.233. The number of methoxy groups -OCH3 is 1. The molecule has 0 bridgehead atoms. The third-order valence-corrected chi connectivity index (χ3v) is 3.80. The molecule has 0 aliphatic carbocycles. The van der Waals surface area contributed by atoms with Crippen LogP contribution < -0.4 is 20.3 Å². The van der Waals surface area contributed by atoms with Crippen molar-refractivity contribution in [2.75, 3.05) is 20.3 Å². The lowest BCUT2D eigenvalue weighted by Gasteiger charge is -2.12. The number of nitrogens with one attached hydrogen (secondary N) is 2. The van der Waals surface area contributed by atoms with Crippen LogP contribution in [0.2, 0.25) is 0 Å². The van der Waals surface area contributed by atoms with E-state index in [4.69, 9.17) is 9.47 Å². The molecule has 1 aromatic carbocycles. The van der Waals surface area contributed by atoms with Gasteiger partial charge < -0.3 is 9.47 Å². The van der Waals surface area contributed by atoms with E-state index in [-0.39, 0.29) is 41.7 Å². The Morgan fingerprint density at radius 3 is 2.52 bits per heavy atom. The summed E-state index contributed by atoms with van der Waals surface area (Å²) < 4.78 is 10.7. The topological polar surface area (TPSA) is 120 Å². The van der Waals surface area contributed by atoms with Crippen molar-refractivity contribution in [1.29, 1.82) is 0 Å². The predicted octanol–water partition coefficient (Wildman–Crippen LogP) is 2.78. The lowest BCUT2D eigenvalue weighted by molar-refractivity contribution is -0.385. The van der Waals surface area contributed by atoms with Gasteiger partial charge >= 0.3 is 0 Å². The van der Waals surface area contributed by atoms with Crippen LogP contribution >= 0.6 is 0 Å². The summed E-state index contributed by atoms with van der Waals surface area (Å²) in [7, 11) is 1.38. The second kappa shape index (κ2) is 11.8. The summed E-state index contributed by atoms with van der Waals surface area (Å²) in [6, 6.07) is 2.47. The maximum atomic E-state index is 11.7. The van der Waals surface area contributed by atoms with E-state index >= 15 is 0 Å². The number of ketones is 1. The number of carbonyl (C=O) groups is 2. The first kappa shape index (κ1) is 22.4. The summed E-state index contributed by atoms with van der Waals surface area (Å²) in [6.45, 7) is 4.25. The Morgan fingerprint density at radius 1 is 1.19 bits per heavy atom. The van der Waals surface area contributed by atoms with Gasteiger partial charge in [-0.05, 0) is 19.8 Å². The van der Waals surface area contributed by atoms with Crippen molar-refractivity contribution in [2.45, 2.75) is 46.0 Å². The maximum Gasteiger partial charge on any atom is 0.284 e. The van der Waals surface area contributed by atoms with E-state index in [0.29, 0.717) is 6.42 Å². The van der Waals surface area contributed by atoms with Gasteiger partial charge in [0.1, 0.15) is 0 Å². The van der Waals surface area contributed by atoms with E-state index in [2.05, 4.69) is 17.8 Å². The van der Waals surface area contributed by atoms with Crippen molar-refractivity contribution in [3.05, 3.63) is 27.8 Å². The molecule has 0 aliphatic heterocycles. The molecule has 0 heterocycles. The number of amides is 1. The van der Waals surface area contributed by atoms with Crippen LogP contribution in [-0.2, 0) is 4.79 Å². The lowest BCUT2D eigenvalue weighted by Crippen LogP contribution is -2.37. The first-order chi connectivity index (χ1) is 12.9. The van der Waals surface area contributed by atoms with Gasteiger partial charge in [0.15, 0.2) is 17.3 Å². The number of hydrogen-bond acceptors (Lipinski definition) is 7. The minimum absolute atomic E-state index is 0.0438. The van der Waals surface area contributed by atoms with E-state index in [1.54, 1.807) is 0 Å². The highest BCUT2D eigenvalue weighted by molar-refractivity contribution is 5.98. The zero-order valence-electron chi connectivity index (χ0n) is 16.0. The van der Waals surface area contributed by atoms with Crippen LogP contribution in [0.4, 0.5) is 5.69 Å². The van der Waals surface area contributed by atoms with E-state index in [0.717, 1.165) is 25.8 Å². The Kier molecular flexibility index (Phi) is 9.81. The van der Waals surface area contributed by atoms with Crippen LogP contribution in [-0.4, -0.2) is 36.9 Å². The molecule has 0 spiro atoms. The average Bonchev–Trinajstić information content (AvgIpc) is 2.64. The number of Topliss-reactive ketones (excluding diaryl/α,β-unsaturated/α-hetero) is 1. The van der Waals surface area contributed by atoms with E-state index in [1.165, 1.54) is 26.2 Å². The van der Waals surface area contributed by atoms with E-state index < -0.39 is 10.7 Å². The second-order valence-corrected chi connectivity index (χ2v) is 5.97. The molecule has 1 rings (SSSR count). The molecule has 0 aromatic heterocycles. The van der Waals surface area contributed by atoms with Gasteiger partial charge in [-0.2, -0.15) is 0 Å². The van der Waals surface area contributed by atoms with Gasteiger partial charge in [-0.3, -0.25) is 25.1 Å². The van der Waals surface area contributed by atoms with E-state index in [9.17, 15) is 19.7 Å². The second-order valence-electron chi connectivity index (χ2n) is 5.97. The van der Waals surface area contributed by atoms with Gasteiger partial charge in [0.2, 0.25) is 5.91 Å². The Bertz CT molecular complexity index is 663. The van der Waals surface area contributed by atoms with Crippen LogP contribution in [0.1, 0.15) is 56.3 Å². The molecule has 9 nitrogen and oxygen atoms in total. The minimum Gasteiger partial charge on any atom is -0.493 e. The third kappa shape index (κ3) is 7.61. The molecule has 0 unspecified atom stereocenters. The predicted molar refractivity (Wildman–Crippen MR) is 100 cm³/mol. The molecule has 0 fully saturated rings. The summed E-state index contributed by atoms with van der Waals surface area (Å²) in [5, 5.41) is 11.2. The van der Waals surface area contributed by atoms with E-state index in [1.807, 2.05) is 0 Å². The number of nitrogens with zero attached hydrogens (tertiary/aromatic N) is 1. The number of ether oxygens (including phenoxy) is 2. The van der Waals surface area contributed by atoms with Crippen LogP contribution in [0.5, 0.6) is 11.5 Å². The molecule has 0 aliphatic rings. The molecule has 1 amide bonds. The molecule has 150 valence electrons. The first-order valence-corrected chi connectivity index (χ1v) is 8.92. The lowest BCUT2D eigenvalue weighted by atomic mass is 10.1. The number of unbranched alkanes of at least 4 members (excludes halogenated alkanes) is 2. The fraction of sp³-hybridized carbons (Fsp3) is 0.556. The molecule has 0 radical (unpaired) electrons. The standard InChI is InChI=1S/C18H27N3O6/c1-4-5-6-9-19-20-18(23)8-7-10-27-17-12-15(21(24)25)14(13(2)22)11-16(17)26-3/h11-12,19H,4-10H2,1-3H3,(H,20,23). The number of rotatable bonds is 13. The zero-order valence-corrected chi connectivity index (χ0v) is 16.0. The highest BCUT2D eigenvalue weighted by Gasteiger charge is 2.22. The molecular weight excluding hydrogens is 354 g/mol. The van der Waals surface area contributed by atoms with Gasteiger partial charge in [0.05, 0.1) is 30.3 Å². The summed E-state index contributed by atoms with van der Waals surface area (Å²) in [5.41, 5.74) is 5.09. The molecule has 9 heteroatoms. The van der Waals surface area contributed by atoms with Crippen LogP contribution in [0.25, 0.3) is 0 Å². The fourth-order valence-electron chi connectivity index (χ4n) is 2.36. The van der Waals surface area contributed by atoms with Crippen molar-refractivity contribution < 1.29 is 24.0 Å². The number of nitro benzene ring substituents is 1. The highest BCUT2D eigenvalue weighted by Crippen LogP contribution is 2.35. The van der Waals surface area contributed by atoms with Crippen molar-refractivity contribution in [3.8, 4) is 11.5 Å². The molecular formula is C18H27N3O6. The SMILES string of the molecule is CCCCCNNC(=O)CCCOc1cc([N+](=O)[O-])c(C(C)=O)cc1OC. The highest BCUT2D eigenvalue weighted by atomic mass is 16.6. The Hall–Kier alpha value is -2.68. The zero-order chi connectivity index (χ0) is 20.2. The van der Waals surface area contributed by atoms with Crippen LogP contribution in [0, 0.1) is 10.1 Å². The smallest absolute Gasteiger partial charge is 0.284 e.